The van der Waals surface area contributed by atoms with Crippen molar-refractivity contribution in [2.45, 2.75) is 31.9 Å². The molecule has 0 bridgehead atoms. The average Bonchev–Trinajstić information content (AvgIpc) is 2.87. The van der Waals surface area contributed by atoms with Gasteiger partial charge < -0.3 is 19.5 Å². The predicted octanol–water partition coefficient (Wildman–Crippen LogP) is 2.07. The second-order valence-corrected chi connectivity index (χ2v) is 4.81. The molecular formula is C14H19NO3. The molecule has 2 aliphatic rings. The lowest BCUT2D eigenvalue weighted by molar-refractivity contribution is 0.0168. The minimum absolute atomic E-state index is 0.335. The molecule has 1 atom stereocenters. The summed E-state index contributed by atoms with van der Waals surface area (Å²) in [7, 11) is 0. The molecule has 0 spiro atoms. The fourth-order valence-electron chi connectivity index (χ4n) is 2.40. The molecule has 0 saturated carbocycles. The molecule has 1 aromatic carbocycles. The molecule has 3 rings (SSSR count). The highest BCUT2D eigenvalue weighted by Crippen LogP contribution is 2.32. The zero-order chi connectivity index (χ0) is 12.2. The van der Waals surface area contributed by atoms with E-state index in [4.69, 9.17) is 14.2 Å². The van der Waals surface area contributed by atoms with E-state index in [2.05, 4.69) is 11.4 Å². The Bertz CT molecular complexity index is 402. The predicted molar refractivity (Wildman–Crippen MR) is 67.9 cm³/mol. The second kappa shape index (κ2) is 5.59. The van der Waals surface area contributed by atoms with Gasteiger partial charge in [0.25, 0.3) is 0 Å². The van der Waals surface area contributed by atoms with Crippen molar-refractivity contribution < 1.29 is 14.2 Å². The lowest BCUT2D eigenvalue weighted by Gasteiger charge is -2.22. The molecule has 2 aliphatic heterocycles. The van der Waals surface area contributed by atoms with Crippen molar-refractivity contribution in [3.05, 3.63) is 23.8 Å². The summed E-state index contributed by atoms with van der Waals surface area (Å²) >= 11 is 0. The molecule has 1 N–H and O–H groups in total. The molecule has 4 heteroatoms. The highest BCUT2D eigenvalue weighted by molar-refractivity contribution is 5.44. The third kappa shape index (κ3) is 2.76. The average molecular weight is 249 g/mol. The van der Waals surface area contributed by atoms with Crippen LogP contribution in [-0.4, -0.2) is 26.0 Å². The molecule has 18 heavy (non-hydrogen) atoms. The van der Waals surface area contributed by atoms with Crippen molar-refractivity contribution in [1.29, 1.82) is 0 Å². The maximum absolute atomic E-state index is 5.68. The third-order valence-electron chi connectivity index (χ3n) is 3.41. The van der Waals surface area contributed by atoms with Gasteiger partial charge in [0.1, 0.15) is 0 Å². The van der Waals surface area contributed by atoms with Crippen molar-refractivity contribution in [2.75, 3.05) is 19.9 Å². The summed E-state index contributed by atoms with van der Waals surface area (Å²) in [6.07, 6.45) is 4.05. The van der Waals surface area contributed by atoms with Gasteiger partial charge in [0.15, 0.2) is 11.5 Å². The van der Waals surface area contributed by atoms with Crippen molar-refractivity contribution >= 4 is 0 Å². The topological polar surface area (TPSA) is 39.7 Å². The zero-order valence-corrected chi connectivity index (χ0v) is 10.5. The first-order valence-electron chi connectivity index (χ1n) is 6.63. The van der Waals surface area contributed by atoms with Crippen LogP contribution in [0.2, 0.25) is 0 Å². The number of hydrogen-bond acceptors (Lipinski definition) is 4. The van der Waals surface area contributed by atoms with E-state index >= 15 is 0 Å². The van der Waals surface area contributed by atoms with Crippen molar-refractivity contribution in [3.8, 4) is 11.5 Å². The number of hydrogen-bond donors (Lipinski definition) is 1. The van der Waals surface area contributed by atoms with Crippen LogP contribution in [0, 0.1) is 0 Å². The summed E-state index contributed by atoms with van der Waals surface area (Å²) in [6, 6.07) is 6.08. The third-order valence-corrected chi connectivity index (χ3v) is 3.41. The Kier molecular flexibility index (Phi) is 3.67. The Hall–Kier alpha value is -1.26. The molecule has 1 aromatic rings. The summed E-state index contributed by atoms with van der Waals surface area (Å²) < 4.78 is 16.3. The molecule has 1 unspecified atom stereocenters. The Morgan fingerprint density at radius 1 is 1.17 bits per heavy atom. The monoisotopic (exact) mass is 249 g/mol. The van der Waals surface area contributed by atoms with Crippen LogP contribution >= 0.6 is 0 Å². The first kappa shape index (κ1) is 11.8. The molecule has 1 saturated heterocycles. The van der Waals surface area contributed by atoms with Crippen LogP contribution in [0.4, 0.5) is 0 Å². The minimum Gasteiger partial charge on any atom is -0.454 e. The molecule has 0 radical (unpaired) electrons. The molecular weight excluding hydrogens is 230 g/mol. The van der Waals surface area contributed by atoms with E-state index in [1.807, 2.05) is 12.1 Å². The standard InChI is InChI=1S/C14H19NO3/c1-2-6-16-12(3-1)9-15-8-11-4-5-13-14(7-11)18-10-17-13/h4-5,7,12,15H,1-3,6,8-10H2. The van der Waals surface area contributed by atoms with Crippen LogP contribution in [0.25, 0.3) is 0 Å². The molecule has 2 heterocycles. The quantitative estimate of drug-likeness (QED) is 0.886. The van der Waals surface area contributed by atoms with Gasteiger partial charge in [-0.15, -0.1) is 0 Å². The van der Waals surface area contributed by atoms with Gasteiger partial charge in [-0.3, -0.25) is 0 Å². The van der Waals surface area contributed by atoms with Crippen LogP contribution in [0.15, 0.2) is 18.2 Å². The smallest absolute Gasteiger partial charge is 0.231 e. The van der Waals surface area contributed by atoms with E-state index in [-0.39, 0.29) is 0 Å². The number of ether oxygens (including phenoxy) is 3. The van der Waals surface area contributed by atoms with Gasteiger partial charge in [-0.05, 0) is 37.0 Å². The van der Waals surface area contributed by atoms with Crippen LogP contribution < -0.4 is 14.8 Å². The van der Waals surface area contributed by atoms with Crippen molar-refractivity contribution in [2.24, 2.45) is 0 Å². The maximum atomic E-state index is 5.68. The number of fused-ring (bicyclic) bond motifs is 1. The Labute approximate surface area is 107 Å². The highest BCUT2D eigenvalue weighted by atomic mass is 16.7. The largest absolute Gasteiger partial charge is 0.454 e. The Balaban J connectivity index is 1.48. The number of benzene rings is 1. The molecule has 0 aromatic heterocycles. The van der Waals surface area contributed by atoms with E-state index in [0.29, 0.717) is 12.9 Å². The maximum Gasteiger partial charge on any atom is 0.231 e. The fourth-order valence-corrected chi connectivity index (χ4v) is 2.40. The van der Waals surface area contributed by atoms with Gasteiger partial charge in [0.2, 0.25) is 6.79 Å². The lowest BCUT2D eigenvalue weighted by atomic mass is 10.1. The van der Waals surface area contributed by atoms with Crippen LogP contribution in [0.5, 0.6) is 11.5 Å². The SMILES string of the molecule is c1cc2c(cc1CNCC1CCCCO1)OCO2. The van der Waals surface area contributed by atoms with Gasteiger partial charge in [-0.25, -0.2) is 0 Å². The summed E-state index contributed by atoms with van der Waals surface area (Å²) in [5, 5.41) is 3.44. The minimum atomic E-state index is 0.335. The lowest BCUT2D eigenvalue weighted by Crippen LogP contribution is -2.31. The Morgan fingerprint density at radius 2 is 2.11 bits per heavy atom. The molecule has 4 nitrogen and oxygen atoms in total. The van der Waals surface area contributed by atoms with Crippen LogP contribution in [0.3, 0.4) is 0 Å². The van der Waals surface area contributed by atoms with E-state index < -0.39 is 0 Å². The summed E-state index contributed by atoms with van der Waals surface area (Å²) in [5.74, 6) is 1.69. The van der Waals surface area contributed by atoms with Crippen LogP contribution in [0.1, 0.15) is 24.8 Å². The van der Waals surface area contributed by atoms with E-state index in [9.17, 15) is 0 Å². The summed E-state index contributed by atoms with van der Waals surface area (Å²) in [4.78, 5) is 0. The summed E-state index contributed by atoms with van der Waals surface area (Å²) in [5.41, 5.74) is 1.22. The van der Waals surface area contributed by atoms with Crippen molar-refractivity contribution in [1.82, 2.24) is 5.32 Å². The first-order chi connectivity index (χ1) is 8.92. The molecule has 0 aliphatic carbocycles. The van der Waals surface area contributed by atoms with E-state index in [1.54, 1.807) is 0 Å². The van der Waals surface area contributed by atoms with Crippen molar-refractivity contribution in [3.63, 3.8) is 0 Å². The number of rotatable bonds is 4. The zero-order valence-electron chi connectivity index (χ0n) is 10.5. The normalized spacial score (nSPS) is 22.1. The van der Waals surface area contributed by atoms with Gasteiger partial charge >= 0.3 is 0 Å². The molecule has 1 fully saturated rings. The van der Waals surface area contributed by atoms with E-state index in [1.165, 1.54) is 24.8 Å². The number of nitrogens with one attached hydrogen (secondary N) is 1. The van der Waals surface area contributed by atoms with Gasteiger partial charge in [-0.2, -0.15) is 0 Å². The highest BCUT2D eigenvalue weighted by Gasteiger charge is 2.14. The van der Waals surface area contributed by atoms with Crippen LogP contribution in [-0.2, 0) is 11.3 Å². The Morgan fingerprint density at radius 3 is 3.00 bits per heavy atom. The van der Waals surface area contributed by atoms with Gasteiger partial charge in [-0.1, -0.05) is 6.07 Å². The second-order valence-electron chi connectivity index (χ2n) is 4.81. The van der Waals surface area contributed by atoms with Gasteiger partial charge in [0.05, 0.1) is 6.10 Å². The molecule has 0 amide bonds. The fraction of sp³-hybridized carbons (Fsp3) is 0.571. The molecule has 98 valence electrons. The van der Waals surface area contributed by atoms with E-state index in [0.717, 1.165) is 31.2 Å². The van der Waals surface area contributed by atoms with Gasteiger partial charge in [0, 0.05) is 19.7 Å². The first-order valence-corrected chi connectivity index (χ1v) is 6.63. The summed E-state index contributed by atoms with van der Waals surface area (Å²) in [6.45, 7) is 3.02.